The number of nitrogens with zero attached hydrogens (tertiary/aromatic N) is 2. The SMILES string of the molecule is CCNC(=NCc1ccc(CN(CC)CC)cc1)NCC1CCCS1.I. The van der Waals surface area contributed by atoms with E-state index in [9.17, 15) is 0 Å². The van der Waals surface area contributed by atoms with Gasteiger partial charge in [0.2, 0.25) is 0 Å². The fourth-order valence-corrected chi connectivity index (χ4v) is 4.18. The van der Waals surface area contributed by atoms with Crippen molar-refractivity contribution < 1.29 is 0 Å². The number of nitrogens with one attached hydrogen (secondary N) is 2. The minimum atomic E-state index is 0. The second-order valence-electron chi connectivity index (χ2n) is 6.49. The summed E-state index contributed by atoms with van der Waals surface area (Å²) in [5.74, 6) is 2.24. The summed E-state index contributed by atoms with van der Waals surface area (Å²) in [6.45, 7) is 12.4. The molecule has 6 heteroatoms. The first-order chi connectivity index (χ1) is 12.2. The molecule has 0 amide bonds. The lowest BCUT2D eigenvalue weighted by Gasteiger charge is -2.18. The third-order valence-electron chi connectivity index (χ3n) is 4.61. The summed E-state index contributed by atoms with van der Waals surface area (Å²) < 4.78 is 0. The lowest BCUT2D eigenvalue weighted by atomic mass is 10.1. The van der Waals surface area contributed by atoms with Gasteiger partial charge in [-0.05, 0) is 49.7 Å². The number of benzene rings is 1. The van der Waals surface area contributed by atoms with Crippen molar-refractivity contribution in [3.63, 3.8) is 0 Å². The fraction of sp³-hybridized carbons (Fsp3) is 0.650. The number of rotatable bonds is 9. The average molecular weight is 490 g/mol. The van der Waals surface area contributed by atoms with Crippen LogP contribution in [0.25, 0.3) is 0 Å². The Kier molecular flexibility index (Phi) is 12.4. The smallest absolute Gasteiger partial charge is 0.191 e. The van der Waals surface area contributed by atoms with Crippen molar-refractivity contribution in [2.24, 2.45) is 4.99 Å². The third-order valence-corrected chi connectivity index (χ3v) is 6.01. The van der Waals surface area contributed by atoms with Crippen LogP contribution in [0.5, 0.6) is 0 Å². The third kappa shape index (κ3) is 8.48. The Morgan fingerprint density at radius 1 is 1.12 bits per heavy atom. The van der Waals surface area contributed by atoms with Crippen LogP contribution in [0.15, 0.2) is 29.3 Å². The summed E-state index contributed by atoms with van der Waals surface area (Å²) in [6.07, 6.45) is 2.68. The van der Waals surface area contributed by atoms with E-state index in [0.717, 1.165) is 50.5 Å². The first-order valence-corrected chi connectivity index (χ1v) is 10.7. The molecule has 0 bridgehead atoms. The van der Waals surface area contributed by atoms with Gasteiger partial charge in [-0.15, -0.1) is 24.0 Å². The Bertz CT molecular complexity index is 511. The van der Waals surface area contributed by atoms with E-state index in [-0.39, 0.29) is 24.0 Å². The number of hydrogen-bond acceptors (Lipinski definition) is 3. The zero-order valence-corrected chi connectivity index (χ0v) is 19.6. The van der Waals surface area contributed by atoms with Gasteiger partial charge in [0, 0.05) is 24.9 Å². The van der Waals surface area contributed by atoms with Gasteiger partial charge in [-0.3, -0.25) is 4.90 Å². The average Bonchev–Trinajstić information content (AvgIpc) is 3.16. The molecule has 0 spiro atoms. The molecular formula is C20H35IN4S. The van der Waals surface area contributed by atoms with Crippen molar-refractivity contribution in [3.05, 3.63) is 35.4 Å². The normalized spacial score (nSPS) is 17.2. The lowest BCUT2D eigenvalue weighted by Crippen LogP contribution is -2.40. The van der Waals surface area contributed by atoms with Crippen LogP contribution in [0.1, 0.15) is 44.7 Å². The fourth-order valence-electron chi connectivity index (χ4n) is 2.98. The van der Waals surface area contributed by atoms with Crippen LogP contribution >= 0.6 is 35.7 Å². The van der Waals surface area contributed by atoms with E-state index < -0.39 is 0 Å². The standard InChI is InChI=1S/C20H34N4S.HI/c1-4-21-20(23-15-19-8-7-13-25-19)22-14-17-9-11-18(12-10-17)16-24(5-2)6-3;/h9-12,19H,4-8,13-16H2,1-3H3,(H2,21,22,23);1H. The Hall–Kier alpha value is -0.470. The molecule has 0 saturated carbocycles. The first-order valence-electron chi connectivity index (χ1n) is 9.69. The molecule has 1 unspecified atom stereocenters. The monoisotopic (exact) mass is 490 g/mol. The van der Waals surface area contributed by atoms with E-state index in [4.69, 9.17) is 4.99 Å². The van der Waals surface area contributed by atoms with Crippen LogP contribution < -0.4 is 10.6 Å². The van der Waals surface area contributed by atoms with Gasteiger partial charge in [0.25, 0.3) is 0 Å². The van der Waals surface area contributed by atoms with Gasteiger partial charge in [0.1, 0.15) is 0 Å². The molecule has 1 aliphatic rings. The highest BCUT2D eigenvalue weighted by atomic mass is 127. The molecule has 2 rings (SSSR count). The Balaban J connectivity index is 0.00000338. The predicted octanol–water partition coefficient (Wildman–Crippen LogP) is 4.10. The zero-order valence-electron chi connectivity index (χ0n) is 16.5. The molecule has 1 fully saturated rings. The largest absolute Gasteiger partial charge is 0.357 e. The minimum Gasteiger partial charge on any atom is -0.357 e. The zero-order chi connectivity index (χ0) is 17.9. The quantitative estimate of drug-likeness (QED) is 0.311. The number of thioether (sulfide) groups is 1. The second kappa shape index (κ2) is 13.7. The highest BCUT2D eigenvalue weighted by molar-refractivity contribution is 14.0. The van der Waals surface area contributed by atoms with Gasteiger partial charge in [-0.25, -0.2) is 4.99 Å². The van der Waals surface area contributed by atoms with Gasteiger partial charge in [-0.1, -0.05) is 38.1 Å². The molecule has 1 aliphatic heterocycles. The maximum atomic E-state index is 4.74. The maximum Gasteiger partial charge on any atom is 0.191 e. The summed E-state index contributed by atoms with van der Waals surface area (Å²) in [6, 6.07) is 8.88. The summed E-state index contributed by atoms with van der Waals surface area (Å²) in [5.41, 5.74) is 2.63. The van der Waals surface area contributed by atoms with Crippen LogP contribution in [0.3, 0.4) is 0 Å². The molecule has 148 valence electrons. The van der Waals surface area contributed by atoms with Crippen molar-refractivity contribution in [2.45, 2.75) is 52.0 Å². The predicted molar refractivity (Wildman–Crippen MR) is 127 cm³/mol. The Morgan fingerprint density at radius 2 is 1.81 bits per heavy atom. The lowest BCUT2D eigenvalue weighted by molar-refractivity contribution is 0.296. The molecule has 0 radical (unpaired) electrons. The molecule has 4 nitrogen and oxygen atoms in total. The van der Waals surface area contributed by atoms with Crippen LogP contribution in [0.4, 0.5) is 0 Å². The van der Waals surface area contributed by atoms with Gasteiger partial charge in [-0.2, -0.15) is 11.8 Å². The summed E-state index contributed by atoms with van der Waals surface area (Å²) in [7, 11) is 0. The molecular weight excluding hydrogens is 455 g/mol. The van der Waals surface area contributed by atoms with Gasteiger partial charge in [0.15, 0.2) is 5.96 Å². The van der Waals surface area contributed by atoms with E-state index in [0.29, 0.717) is 0 Å². The van der Waals surface area contributed by atoms with E-state index >= 15 is 0 Å². The number of aliphatic imine (C=N–C) groups is 1. The number of hydrogen-bond donors (Lipinski definition) is 2. The molecule has 26 heavy (non-hydrogen) atoms. The summed E-state index contributed by atoms with van der Waals surface area (Å²) in [4.78, 5) is 7.17. The maximum absolute atomic E-state index is 4.74. The van der Waals surface area contributed by atoms with Crippen molar-refractivity contribution in [1.29, 1.82) is 0 Å². The second-order valence-corrected chi connectivity index (χ2v) is 7.90. The van der Waals surface area contributed by atoms with Crippen molar-refractivity contribution in [1.82, 2.24) is 15.5 Å². The van der Waals surface area contributed by atoms with Crippen LogP contribution in [0.2, 0.25) is 0 Å². The van der Waals surface area contributed by atoms with Crippen LogP contribution in [-0.4, -0.2) is 48.0 Å². The molecule has 2 N–H and O–H groups in total. The van der Waals surface area contributed by atoms with Crippen LogP contribution in [0, 0.1) is 0 Å². The highest BCUT2D eigenvalue weighted by Gasteiger charge is 2.15. The van der Waals surface area contributed by atoms with E-state index in [1.165, 1.54) is 29.7 Å². The van der Waals surface area contributed by atoms with Gasteiger partial charge >= 0.3 is 0 Å². The van der Waals surface area contributed by atoms with Crippen molar-refractivity contribution in [2.75, 3.05) is 31.9 Å². The molecule has 1 saturated heterocycles. The molecule has 1 atom stereocenters. The van der Waals surface area contributed by atoms with Gasteiger partial charge < -0.3 is 10.6 Å². The van der Waals surface area contributed by atoms with Gasteiger partial charge in [0.05, 0.1) is 6.54 Å². The summed E-state index contributed by atoms with van der Waals surface area (Å²) >= 11 is 2.08. The number of guanidine groups is 1. The van der Waals surface area contributed by atoms with Crippen molar-refractivity contribution >= 4 is 41.7 Å². The van der Waals surface area contributed by atoms with E-state index in [1.54, 1.807) is 0 Å². The van der Waals surface area contributed by atoms with E-state index in [1.807, 2.05) is 0 Å². The topological polar surface area (TPSA) is 39.7 Å². The van der Waals surface area contributed by atoms with Crippen LogP contribution in [-0.2, 0) is 13.1 Å². The Labute approximate surface area is 181 Å². The van der Waals surface area contributed by atoms with Crippen molar-refractivity contribution in [3.8, 4) is 0 Å². The Morgan fingerprint density at radius 3 is 2.38 bits per heavy atom. The van der Waals surface area contributed by atoms with E-state index in [2.05, 4.69) is 72.3 Å². The molecule has 1 aromatic carbocycles. The number of halogens is 1. The summed E-state index contributed by atoms with van der Waals surface area (Å²) in [5, 5.41) is 7.59. The molecule has 0 aliphatic carbocycles. The molecule has 1 heterocycles. The first kappa shape index (κ1) is 23.6. The minimum absolute atomic E-state index is 0. The highest BCUT2D eigenvalue weighted by Crippen LogP contribution is 2.25. The molecule has 0 aromatic heterocycles. The molecule has 1 aromatic rings.